The monoisotopic (exact) mass is 212 g/mol. The van der Waals surface area contributed by atoms with Crippen molar-refractivity contribution in [1.82, 2.24) is 0 Å². The largest absolute Gasteiger partial charge is 0.478 e. The lowest BCUT2D eigenvalue weighted by Gasteiger charge is -2.00. The molecule has 0 amide bonds. The van der Waals surface area contributed by atoms with Crippen molar-refractivity contribution in [2.75, 3.05) is 0 Å². The minimum absolute atomic E-state index is 0.886. The second kappa shape index (κ2) is 4.62. The molecule has 2 rings (SSSR count). The highest BCUT2D eigenvalue weighted by Gasteiger charge is 2.01. The third kappa shape index (κ3) is 2.48. The third-order valence-electron chi connectivity index (χ3n) is 2.44. The smallest absolute Gasteiger partial charge is 0.328 e. The van der Waals surface area contributed by atoms with Crippen LogP contribution in [0, 0.1) is 0 Å². The Balaban J connectivity index is 2.35. The summed E-state index contributed by atoms with van der Waals surface area (Å²) < 4.78 is 0. The lowest BCUT2D eigenvalue weighted by Crippen LogP contribution is -1.86. The quantitative estimate of drug-likeness (QED) is 0.765. The predicted molar refractivity (Wildman–Crippen MR) is 64.0 cm³/mol. The molecule has 0 spiro atoms. The maximum absolute atomic E-state index is 10.4. The van der Waals surface area contributed by atoms with Gasteiger partial charge in [-0.3, -0.25) is 0 Å². The molecule has 0 radical (unpaired) electrons. The molecule has 80 valence electrons. The van der Waals surface area contributed by atoms with Gasteiger partial charge in [0.05, 0.1) is 0 Å². The first-order valence-electron chi connectivity index (χ1n) is 5.13. The summed E-state index contributed by atoms with van der Waals surface area (Å²) in [4.78, 5) is 10.4. The molecule has 1 aromatic carbocycles. The number of hydrogen-bond donors (Lipinski definition) is 1. The Morgan fingerprint density at radius 3 is 2.94 bits per heavy atom. The zero-order valence-corrected chi connectivity index (χ0v) is 8.76. The number of hydrogen-bond acceptors (Lipinski definition) is 1. The van der Waals surface area contributed by atoms with Crippen LogP contribution in [-0.2, 0) is 11.2 Å². The summed E-state index contributed by atoms with van der Waals surface area (Å²) in [5, 5.41) is 8.57. The van der Waals surface area contributed by atoms with Crippen LogP contribution in [0.5, 0.6) is 0 Å². The van der Waals surface area contributed by atoms with E-state index in [1.54, 1.807) is 6.08 Å². The number of fused-ring (bicyclic) bond motifs is 1. The highest BCUT2D eigenvalue weighted by molar-refractivity contribution is 5.81. The molecule has 1 aliphatic carbocycles. The topological polar surface area (TPSA) is 37.3 Å². The highest BCUT2D eigenvalue weighted by Crippen LogP contribution is 2.19. The van der Waals surface area contributed by atoms with Crippen molar-refractivity contribution in [3.05, 3.63) is 65.3 Å². The van der Waals surface area contributed by atoms with Gasteiger partial charge >= 0.3 is 5.97 Å². The summed E-state index contributed by atoms with van der Waals surface area (Å²) in [5.74, 6) is -0.924. The number of carbonyl (C=O) groups is 1. The summed E-state index contributed by atoms with van der Waals surface area (Å²) in [6, 6.07) is 8.12. The van der Waals surface area contributed by atoms with Crippen molar-refractivity contribution >= 4 is 12.0 Å². The maximum atomic E-state index is 10.4. The third-order valence-corrected chi connectivity index (χ3v) is 2.44. The van der Waals surface area contributed by atoms with Gasteiger partial charge in [-0.1, -0.05) is 36.4 Å². The van der Waals surface area contributed by atoms with Gasteiger partial charge in [-0.05, 0) is 35.3 Å². The molecule has 0 atom stereocenters. The first-order chi connectivity index (χ1) is 7.75. The van der Waals surface area contributed by atoms with E-state index in [4.69, 9.17) is 5.11 Å². The van der Waals surface area contributed by atoms with Crippen LogP contribution < -0.4 is 0 Å². The van der Waals surface area contributed by atoms with Gasteiger partial charge in [0.15, 0.2) is 0 Å². The van der Waals surface area contributed by atoms with Crippen molar-refractivity contribution in [3.63, 3.8) is 0 Å². The Kier molecular flexibility index (Phi) is 3.01. The molecule has 0 saturated carbocycles. The van der Waals surface area contributed by atoms with Gasteiger partial charge in [0.1, 0.15) is 0 Å². The fraction of sp³-hybridized carbons (Fsp3) is 0.0714. The summed E-state index contributed by atoms with van der Waals surface area (Å²) in [6.45, 7) is 0. The normalized spacial score (nSPS) is 14.4. The average molecular weight is 212 g/mol. The second-order valence-corrected chi connectivity index (χ2v) is 3.62. The van der Waals surface area contributed by atoms with Crippen LogP contribution in [0.1, 0.15) is 11.1 Å². The molecule has 0 unspecified atom stereocenters. The Hall–Kier alpha value is -2.09. The number of aliphatic carboxylic acids is 1. The van der Waals surface area contributed by atoms with Crippen LogP contribution in [0.25, 0.3) is 6.08 Å². The fourth-order valence-corrected chi connectivity index (χ4v) is 1.68. The predicted octanol–water partition coefficient (Wildman–Crippen LogP) is 2.82. The highest BCUT2D eigenvalue weighted by atomic mass is 16.4. The van der Waals surface area contributed by atoms with Crippen molar-refractivity contribution in [3.8, 4) is 0 Å². The molecule has 1 aromatic rings. The molecule has 2 nitrogen and oxygen atoms in total. The Morgan fingerprint density at radius 1 is 1.31 bits per heavy atom. The van der Waals surface area contributed by atoms with Gasteiger partial charge in [0, 0.05) is 6.08 Å². The molecule has 1 N–H and O–H groups in total. The van der Waals surface area contributed by atoms with Crippen LogP contribution in [-0.4, -0.2) is 11.1 Å². The zero-order valence-electron chi connectivity index (χ0n) is 8.76. The minimum atomic E-state index is -0.924. The van der Waals surface area contributed by atoms with E-state index in [2.05, 4.69) is 6.07 Å². The van der Waals surface area contributed by atoms with E-state index in [1.807, 2.05) is 36.4 Å². The number of carboxylic acid groups (broad SMARTS) is 1. The Morgan fingerprint density at radius 2 is 2.12 bits per heavy atom. The van der Waals surface area contributed by atoms with Crippen LogP contribution in [0.15, 0.2) is 54.1 Å². The molecule has 0 bridgehead atoms. The first-order valence-corrected chi connectivity index (χ1v) is 5.13. The van der Waals surface area contributed by atoms with Gasteiger partial charge in [0.2, 0.25) is 0 Å². The fourth-order valence-electron chi connectivity index (χ4n) is 1.68. The number of benzene rings is 1. The van der Waals surface area contributed by atoms with Gasteiger partial charge < -0.3 is 5.11 Å². The van der Waals surface area contributed by atoms with Gasteiger partial charge in [0.25, 0.3) is 0 Å². The van der Waals surface area contributed by atoms with Gasteiger partial charge in [-0.2, -0.15) is 0 Å². The van der Waals surface area contributed by atoms with E-state index in [1.165, 1.54) is 5.56 Å². The number of rotatable bonds is 2. The van der Waals surface area contributed by atoms with E-state index < -0.39 is 5.97 Å². The van der Waals surface area contributed by atoms with Crippen LogP contribution in [0.2, 0.25) is 0 Å². The van der Waals surface area contributed by atoms with Crippen molar-refractivity contribution < 1.29 is 9.90 Å². The molecular formula is C14H12O2. The first kappa shape index (κ1) is 10.4. The SMILES string of the molecule is O=C(O)/C=C/C1=Cc2ccccc2CC=C1. The molecule has 0 aliphatic heterocycles. The number of allylic oxidation sites excluding steroid dienone is 4. The standard InChI is InChI=1S/C14H12O2/c15-14(16)9-8-11-4-3-7-12-5-1-2-6-13(12)10-11/h1-6,8-10H,7H2,(H,15,16)/b9-8+. The molecule has 0 heterocycles. The van der Waals surface area contributed by atoms with Gasteiger partial charge in [-0.25, -0.2) is 4.79 Å². The molecule has 0 fully saturated rings. The summed E-state index contributed by atoms with van der Waals surface area (Å²) in [7, 11) is 0. The maximum Gasteiger partial charge on any atom is 0.328 e. The molecule has 0 saturated heterocycles. The van der Waals surface area contributed by atoms with Crippen molar-refractivity contribution in [2.45, 2.75) is 6.42 Å². The summed E-state index contributed by atoms with van der Waals surface area (Å²) in [5.41, 5.74) is 3.32. The average Bonchev–Trinajstić information content (AvgIpc) is 2.47. The van der Waals surface area contributed by atoms with E-state index in [0.29, 0.717) is 0 Å². The Labute approximate surface area is 94.2 Å². The molecule has 2 heteroatoms. The molecular weight excluding hydrogens is 200 g/mol. The molecule has 0 aromatic heterocycles. The second-order valence-electron chi connectivity index (χ2n) is 3.62. The molecule has 1 aliphatic rings. The van der Waals surface area contributed by atoms with Gasteiger partial charge in [-0.15, -0.1) is 0 Å². The Bertz CT molecular complexity index is 493. The van der Waals surface area contributed by atoms with E-state index in [0.717, 1.165) is 23.6 Å². The lowest BCUT2D eigenvalue weighted by molar-refractivity contribution is -0.131. The van der Waals surface area contributed by atoms with Crippen molar-refractivity contribution in [2.24, 2.45) is 0 Å². The van der Waals surface area contributed by atoms with E-state index in [9.17, 15) is 4.79 Å². The minimum Gasteiger partial charge on any atom is -0.478 e. The summed E-state index contributed by atoms with van der Waals surface area (Å²) >= 11 is 0. The van der Waals surface area contributed by atoms with Crippen LogP contribution in [0.4, 0.5) is 0 Å². The van der Waals surface area contributed by atoms with Crippen LogP contribution in [0.3, 0.4) is 0 Å². The van der Waals surface area contributed by atoms with E-state index >= 15 is 0 Å². The van der Waals surface area contributed by atoms with E-state index in [-0.39, 0.29) is 0 Å². The molecule has 16 heavy (non-hydrogen) atoms. The van der Waals surface area contributed by atoms with Crippen LogP contribution >= 0.6 is 0 Å². The zero-order chi connectivity index (χ0) is 11.4. The summed E-state index contributed by atoms with van der Waals surface area (Å²) in [6.07, 6.45) is 9.64. The number of carboxylic acids is 1. The van der Waals surface area contributed by atoms with Crippen molar-refractivity contribution in [1.29, 1.82) is 0 Å². The lowest BCUT2D eigenvalue weighted by atomic mass is 10.0.